The van der Waals surface area contributed by atoms with Gasteiger partial charge in [0.15, 0.2) is 0 Å². The highest BCUT2D eigenvalue weighted by Crippen LogP contribution is 2.29. The molecule has 1 aliphatic heterocycles. The Labute approximate surface area is 131 Å². The Balaban J connectivity index is 1.91. The third-order valence-corrected chi connectivity index (χ3v) is 4.86. The van der Waals surface area contributed by atoms with Gasteiger partial charge in [0.1, 0.15) is 6.04 Å². The van der Waals surface area contributed by atoms with Gasteiger partial charge in [-0.15, -0.1) is 0 Å². The van der Waals surface area contributed by atoms with E-state index in [4.69, 9.17) is 14.6 Å². The number of aliphatic carboxylic acids is 1. The molecule has 7 heteroatoms. The summed E-state index contributed by atoms with van der Waals surface area (Å²) in [5.74, 6) is -0.640. The number of hydrogen-bond acceptors (Lipinski definition) is 5. The summed E-state index contributed by atoms with van der Waals surface area (Å²) >= 11 is 0. The van der Waals surface area contributed by atoms with Crippen LogP contribution in [0, 0.1) is 5.92 Å². The molecular weight excluding hydrogens is 288 g/mol. The first-order valence-corrected chi connectivity index (χ1v) is 7.72. The van der Waals surface area contributed by atoms with E-state index in [1.807, 2.05) is 0 Å². The van der Waals surface area contributed by atoms with E-state index in [1.165, 1.54) is 0 Å². The van der Waals surface area contributed by atoms with Gasteiger partial charge in [-0.3, -0.25) is 14.5 Å². The molecule has 0 aromatic rings. The Morgan fingerprint density at radius 1 is 1.27 bits per heavy atom. The molecule has 1 N–H and O–H groups in total. The first-order chi connectivity index (χ1) is 10.5. The number of carboxylic acid groups (broad SMARTS) is 1. The van der Waals surface area contributed by atoms with Gasteiger partial charge in [0, 0.05) is 20.8 Å². The largest absolute Gasteiger partial charge is 0.480 e. The van der Waals surface area contributed by atoms with Gasteiger partial charge in [0.2, 0.25) is 5.91 Å². The van der Waals surface area contributed by atoms with Crippen molar-refractivity contribution >= 4 is 11.9 Å². The van der Waals surface area contributed by atoms with Crippen LogP contribution in [-0.4, -0.2) is 79.5 Å². The fourth-order valence-corrected chi connectivity index (χ4v) is 3.51. The Bertz CT molecular complexity index is 417. The highest BCUT2D eigenvalue weighted by Gasteiger charge is 2.37. The van der Waals surface area contributed by atoms with Crippen LogP contribution >= 0.6 is 0 Å². The van der Waals surface area contributed by atoms with Crippen LogP contribution in [0.4, 0.5) is 0 Å². The van der Waals surface area contributed by atoms with Gasteiger partial charge in [-0.2, -0.15) is 0 Å². The third kappa shape index (κ3) is 3.77. The summed E-state index contributed by atoms with van der Waals surface area (Å²) < 4.78 is 10.9. The molecule has 22 heavy (non-hydrogen) atoms. The lowest BCUT2D eigenvalue weighted by molar-refractivity contribution is -0.155. The number of hydrogen-bond donors (Lipinski definition) is 1. The molecule has 1 aliphatic carbocycles. The van der Waals surface area contributed by atoms with Gasteiger partial charge in [-0.25, -0.2) is 0 Å². The minimum Gasteiger partial charge on any atom is -0.480 e. The molecule has 0 spiro atoms. The predicted octanol–water partition coefficient (Wildman–Crippen LogP) is 0.391. The molecule has 1 heterocycles. The highest BCUT2D eigenvalue weighted by molar-refractivity contribution is 5.85. The van der Waals surface area contributed by atoms with Crippen LogP contribution in [0.5, 0.6) is 0 Å². The van der Waals surface area contributed by atoms with Gasteiger partial charge < -0.3 is 19.5 Å². The summed E-state index contributed by atoms with van der Waals surface area (Å²) in [5, 5.41) is 9.11. The molecule has 0 radical (unpaired) electrons. The molecule has 0 aromatic carbocycles. The van der Waals surface area contributed by atoms with E-state index in [-0.39, 0.29) is 24.5 Å². The average Bonchev–Trinajstić information content (AvgIpc) is 2.50. The van der Waals surface area contributed by atoms with Gasteiger partial charge in [-0.1, -0.05) is 0 Å². The van der Waals surface area contributed by atoms with Crippen molar-refractivity contribution in [2.24, 2.45) is 5.92 Å². The first-order valence-electron chi connectivity index (χ1n) is 7.72. The number of carbonyl (C=O) groups is 2. The summed E-state index contributed by atoms with van der Waals surface area (Å²) in [6, 6.07) is -0.709. The molecule has 1 amide bonds. The normalized spacial score (nSPS) is 34.0. The van der Waals surface area contributed by atoms with Crippen molar-refractivity contribution in [3.8, 4) is 0 Å². The molecule has 4 atom stereocenters. The predicted molar refractivity (Wildman–Crippen MR) is 79.3 cm³/mol. The summed E-state index contributed by atoms with van der Waals surface area (Å²) in [6.07, 6.45) is 3.02. The maximum atomic E-state index is 12.2. The lowest BCUT2D eigenvalue weighted by Gasteiger charge is -2.41. The van der Waals surface area contributed by atoms with Crippen molar-refractivity contribution in [2.45, 2.75) is 43.9 Å². The highest BCUT2D eigenvalue weighted by atomic mass is 16.5. The zero-order chi connectivity index (χ0) is 16.3. The van der Waals surface area contributed by atoms with Crippen LogP contribution in [0.2, 0.25) is 0 Å². The number of likely N-dealkylation sites (N-methyl/N-ethyl adjacent to an activating group) is 1. The standard InChI is InChI=1S/C15H26N2O5/c1-16-9-17(14(18)7-11(16)15(19)20)8-10-4-5-12(21-2)13(6-10)22-3/h10-13H,4-9H2,1-3H3,(H,19,20)/t10?,11-,12?,13?/m1/s1. The van der Waals surface area contributed by atoms with Crippen molar-refractivity contribution in [1.29, 1.82) is 0 Å². The minimum atomic E-state index is -0.935. The zero-order valence-corrected chi connectivity index (χ0v) is 13.5. The van der Waals surface area contributed by atoms with Crippen molar-refractivity contribution in [3.05, 3.63) is 0 Å². The molecular formula is C15H26N2O5. The second-order valence-electron chi connectivity index (χ2n) is 6.30. The van der Waals surface area contributed by atoms with E-state index < -0.39 is 12.0 Å². The van der Waals surface area contributed by atoms with Crippen LogP contribution in [0.1, 0.15) is 25.7 Å². The van der Waals surface area contributed by atoms with Crippen LogP contribution in [-0.2, 0) is 19.1 Å². The number of amides is 1. The first kappa shape index (κ1) is 17.2. The van der Waals surface area contributed by atoms with Gasteiger partial charge in [-0.05, 0) is 32.2 Å². The monoisotopic (exact) mass is 314 g/mol. The third-order valence-electron chi connectivity index (χ3n) is 4.86. The summed E-state index contributed by atoms with van der Waals surface area (Å²) in [6.45, 7) is 1.03. The van der Waals surface area contributed by atoms with Crippen molar-refractivity contribution in [1.82, 2.24) is 9.80 Å². The molecule has 2 rings (SSSR count). The maximum absolute atomic E-state index is 12.2. The Morgan fingerprint density at radius 2 is 1.95 bits per heavy atom. The number of carbonyl (C=O) groups excluding carboxylic acids is 1. The average molecular weight is 314 g/mol. The van der Waals surface area contributed by atoms with Crippen LogP contribution in [0.3, 0.4) is 0 Å². The lowest BCUT2D eigenvalue weighted by Crippen LogP contribution is -2.55. The van der Waals surface area contributed by atoms with Crippen LogP contribution in [0.15, 0.2) is 0 Å². The van der Waals surface area contributed by atoms with E-state index >= 15 is 0 Å². The smallest absolute Gasteiger partial charge is 0.321 e. The number of rotatable bonds is 5. The second kappa shape index (κ2) is 7.39. The minimum absolute atomic E-state index is 0.0486. The van der Waals surface area contributed by atoms with E-state index in [0.717, 1.165) is 19.3 Å². The summed E-state index contributed by atoms with van der Waals surface area (Å²) in [5.41, 5.74) is 0. The molecule has 3 unspecified atom stereocenters. The molecule has 0 aromatic heterocycles. The number of nitrogens with zero attached hydrogens (tertiary/aromatic N) is 2. The van der Waals surface area contributed by atoms with E-state index in [9.17, 15) is 9.59 Å². The van der Waals surface area contributed by atoms with Crippen molar-refractivity contribution < 1.29 is 24.2 Å². The zero-order valence-electron chi connectivity index (χ0n) is 13.5. The fraction of sp³-hybridized carbons (Fsp3) is 0.867. The number of ether oxygens (including phenoxy) is 2. The van der Waals surface area contributed by atoms with Crippen molar-refractivity contribution in [3.63, 3.8) is 0 Å². The van der Waals surface area contributed by atoms with Gasteiger partial charge in [0.25, 0.3) is 0 Å². The molecule has 7 nitrogen and oxygen atoms in total. The van der Waals surface area contributed by atoms with Crippen LogP contribution < -0.4 is 0 Å². The SMILES string of the molecule is COC1CCC(CN2CN(C)[C@@H](C(=O)O)CC2=O)CC1OC. The van der Waals surface area contributed by atoms with Gasteiger partial charge >= 0.3 is 5.97 Å². The number of methoxy groups -OCH3 is 2. The second-order valence-corrected chi connectivity index (χ2v) is 6.30. The lowest BCUT2D eigenvalue weighted by atomic mass is 9.84. The van der Waals surface area contributed by atoms with Crippen molar-refractivity contribution in [2.75, 3.05) is 34.5 Å². The Hall–Kier alpha value is -1.18. The molecule has 0 bridgehead atoms. The maximum Gasteiger partial charge on any atom is 0.321 e. The number of carboxylic acids is 1. The molecule has 1 saturated carbocycles. The fourth-order valence-electron chi connectivity index (χ4n) is 3.51. The molecule has 2 fully saturated rings. The quantitative estimate of drug-likeness (QED) is 0.791. The van der Waals surface area contributed by atoms with Crippen LogP contribution in [0.25, 0.3) is 0 Å². The van der Waals surface area contributed by atoms with E-state index in [0.29, 0.717) is 19.1 Å². The topological polar surface area (TPSA) is 79.3 Å². The van der Waals surface area contributed by atoms with E-state index in [2.05, 4.69) is 0 Å². The molecule has 126 valence electrons. The van der Waals surface area contributed by atoms with Gasteiger partial charge in [0.05, 0.1) is 25.3 Å². The molecule has 1 saturated heterocycles. The van der Waals surface area contributed by atoms with E-state index in [1.54, 1.807) is 31.1 Å². The molecule has 2 aliphatic rings. The Morgan fingerprint density at radius 3 is 2.55 bits per heavy atom. The summed E-state index contributed by atoms with van der Waals surface area (Å²) in [4.78, 5) is 26.8. The summed E-state index contributed by atoms with van der Waals surface area (Å²) in [7, 11) is 5.14. The Kier molecular flexibility index (Phi) is 5.77.